The van der Waals surface area contributed by atoms with Crippen molar-refractivity contribution in [3.05, 3.63) is 0 Å². The molecular weight excluding hydrogens is 150 g/mol. The average Bonchev–Trinajstić information content (AvgIpc) is 1.83. The fourth-order valence-corrected chi connectivity index (χ4v) is 1.57. The summed E-state index contributed by atoms with van der Waals surface area (Å²) in [6.45, 7) is 12.0. The summed E-state index contributed by atoms with van der Waals surface area (Å²) in [5, 5.41) is 0. The number of hydrogen-bond donors (Lipinski definition) is 0. The Labute approximate surface area is 75.9 Å². The first-order valence-electron chi connectivity index (χ1n) is 4.61. The number of ether oxygens (including phenoxy) is 1. The van der Waals surface area contributed by atoms with E-state index in [1.807, 2.05) is 0 Å². The molecule has 0 aromatic rings. The third-order valence-corrected chi connectivity index (χ3v) is 3.16. The summed E-state index contributed by atoms with van der Waals surface area (Å²) in [6, 6.07) is 0. The van der Waals surface area contributed by atoms with Crippen LogP contribution in [-0.2, 0) is 4.74 Å². The van der Waals surface area contributed by atoms with Crippen LogP contribution in [0.2, 0.25) is 0 Å². The topological polar surface area (TPSA) is 12.5 Å². The van der Waals surface area contributed by atoms with Crippen LogP contribution in [0.4, 0.5) is 0 Å². The zero-order valence-corrected chi connectivity index (χ0v) is 8.98. The molecule has 0 N–H and O–H groups in total. The highest BCUT2D eigenvalue weighted by Gasteiger charge is 2.40. The molecule has 72 valence electrons. The standard InChI is InChI=1S/C10H21NO/c1-9(2,3)10(4)6-11(5)8-12-7-10/h6-8H2,1-5H3. The Morgan fingerprint density at radius 2 is 1.92 bits per heavy atom. The van der Waals surface area contributed by atoms with Gasteiger partial charge in [0.2, 0.25) is 0 Å². The van der Waals surface area contributed by atoms with E-state index in [1.54, 1.807) is 0 Å². The van der Waals surface area contributed by atoms with E-state index < -0.39 is 0 Å². The lowest BCUT2D eigenvalue weighted by atomic mass is 9.68. The zero-order chi connectivity index (χ0) is 9.41. The minimum atomic E-state index is 0.292. The smallest absolute Gasteiger partial charge is 0.0988 e. The maximum atomic E-state index is 5.55. The average molecular weight is 171 g/mol. The van der Waals surface area contributed by atoms with E-state index in [0.717, 1.165) is 19.9 Å². The van der Waals surface area contributed by atoms with Gasteiger partial charge in [-0.3, -0.25) is 4.90 Å². The molecule has 2 heteroatoms. The van der Waals surface area contributed by atoms with Gasteiger partial charge in [0.15, 0.2) is 0 Å². The van der Waals surface area contributed by atoms with E-state index in [1.165, 1.54) is 0 Å². The van der Waals surface area contributed by atoms with Crippen molar-refractivity contribution in [1.82, 2.24) is 4.90 Å². The van der Waals surface area contributed by atoms with Gasteiger partial charge >= 0.3 is 0 Å². The second kappa shape index (κ2) is 3.00. The lowest BCUT2D eigenvalue weighted by Gasteiger charge is -2.47. The van der Waals surface area contributed by atoms with Crippen LogP contribution < -0.4 is 0 Å². The normalized spacial score (nSPS) is 33.8. The van der Waals surface area contributed by atoms with Crippen molar-refractivity contribution in [2.45, 2.75) is 27.7 Å². The molecule has 1 aliphatic heterocycles. The van der Waals surface area contributed by atoms with Crippen LogP contribution in [0.1, 0.15) is 27.7 Å². The van der Waals surface area contributed by atoms with Gasteiger partial charge in [0.25, 0.3) is 0 Å². The van der Waals surface area contributed by atoms with Gasteiger partial charge in [0, 0.05) is 12.0 Å². The predicted molar refractivity (Wildman–Crippen MR) is 51.0 cm³/mol. The molecule has 1 fully saturated rings. The summed E-state index contributed by atoms with van der Waals surface area (Å²) in [7, 11) is 2.11. The Bertz CT molecular complexity index is 162. The summed E-state index contributed by atoms with van der Waals surface area (Å²) in [5.74, 6) is 0. The van der Waals surface area contributed by atoms with Gasteiger partial charge in [0.05, 0.1) is 13.3 Å². The van der Waals surface area contributed by atoms with Crippen LogP contribution in [0.3, 0.4) is 0 Å². The molecule has 1 unspecified atom stereocenters. The highest BCUT2D eigenvalue weighted by atomic mass is 16.5. The van der Waals surface area contributed by atoms with E-state index in [2.05, 4.69) is 39.6 Å². The van der Waals surface area contributed by atoms with Crippen molar-refractivity contribution in [2.24, 2.45) is 10.8 Å². The summed E-state index contributed by atoms with van der Waals surface area (Å²) < 4.78 is 5.55. The largest absolute Gasteiger partial charge is 0.365 e. The Hall–Kier alpha value is -0.0800. The molecule has 2 nitrogen and oxygen atoms in total. The molecule has 0 spiro atoms. The number of hydrogen-bond acceptors (Lipinski definition) is 2. The summed E-state index contributed by atoms with van der Waals surface area (Å²) in [4.78, 5) is 2.24. The fraction of sp³-hybridized carbons (Fsp3) is 1.00. The molecule has 1 rings (SSSR count). The minimum absolute atomic E-state index is 0.292. The Morgan fingerprint density at radius 3 is 2.25 bits per heavy atom. The molecule has 1 aliphatic rings. The van der Waals surface area contributed by atoms with Crippen LogP contribution in [0.25, 0.3) is 0 Å². The van der Waals surface area contributed by atoms with Crippen molar-refractivity contribution in [3.8, 4) is 0 Å². The molecule has 1 heterocycles. The predicted octanol–water partition coefficient (Wildman–Crippen LogP) is 1.96. The first-order chi connectivity index (χ1) is 5.35. The molecule has 0 aliphatic carbocycles. The van der Waals surface area contributed by atoms with E-state index in [9.17, 15) is 0 Å². The summed E-state index contributed by atoms with van der Waals surface area (Å²) in [6.07, 6.45) is 0. The van der Waals surface area contributed by atoms with Gasteiger partial charge in [-0.1, -0.05) is 27.7 Å². The van der Waals surface area contributed by atoms with Crippen LogP contribution >= 0.6 is 0 Å². The molecule has 0 amide bonds. The second-order valence-corrected chi connectivity index (χ2v) is 5.30. The minimum Gasteiger partial charge on any atom is -0.365 e. The molecule has 0 saturated carbocycles. The van der Waals surface area contributed by atoms with Crippen LogP contribution in [0, 0.1) is 10.8 Å². The van der Waals surface area contributed by atoms with E-state index >= 15 is 0 Å². The number of rotatable bonds is 0. The van der Waals surface area contributed by atoms with Gasteiger partial charge in [-0.2, -0.15) is 0 Å². The third kappa shape index (κ3) is 1.80. The van der Waals surface area contributed by atoms with Gasteiger partial charge in [-0.05, 0) is 12.5 Å². The van der Waals surface area contributed by atoms with Gasteiger partial charge in [-0.15, -0.1) is 0 Å². The molecule has 0 radical (unpaired) electrons. The van der Waals surface area contributed by atoms with Gasteiger partial charge in [0.1, 0.15) is 0 Å². The molecule has 0 bridgehead atoms. The first-order valence-corrected chi connectivity index (χ1v) is 4.61. The molecule has 1 atom stereocenters. The first kappa shape index (κ1) is 10.0. The highest BCUT2D eigenvalue weighted by Crippen LogP contribution is 2.40. The lowest BCUT2D eigenvalue weighted by Crippen LogP contribution is -2.50. The van der Waals surface area contributed by atoms with Crippen LogP contribution in [0.5, 0.6) is 0 Å². The second-order valence-electron chi connectivity index (χ2n) is 5.30. The van der Waals surface area contributed by atoms with Crippen molar-refractivity contribution >= 4 is 0 Å². The maximum absolute atomic E-state index is 5.55. The van der Waals surface area contributed by atoms with Crippen molar-refractivity contribution < 1.29 is 4.74 Å². The molecule has 12 heavy (non-hydrogen) atoms. The zero-order valence-electron chi connectivity index (χ0n) is 8.98. The van der Waals surface area contributed by atoms with Gasteiger partial charge in [-0.25, -0.2) is 0 Å². The monoisotopic (exact) mass is 171 g/mol. The third-order valence-electron chi connectivity index (χ3n) is 3.16. The summed E-state index contributed by atoms with van der Waals surface area (Å²) in [5.41, 5.74) is 0.613. The van der Waals surface area contributed by atoms with E-state index in [4.69, 9.17) is 4.74 Å². The Morgan fingerprint density at radius 1 is 1.33 bits per heavy atom. The van der Waals surface area contributed by atoms with Crippen LogP contribution in [-0.4, -0.2) is 31.8 Å². The number of nitrogens with zero attached hydrogens (tertiary/aromatic N) is 1. The van der Waals surface area contributed by atoms with E-state index in [0.29, 0.717) is 10.8 Å². The molecule has 1 saturated heterocycles. The molecule has 0 aromatic heterocycles. The molecule has 0 aromatic carbocycles. The van der Waals surface area contributed by atoms with Crippen LogP contribution in [0.15, 0.2) is 0 Å². The maximum Gasteiger partial charge on any atom is 0.0988 e. The summed E-state index contributed by atoms with van der Waals surface area (Å²) >= 11 is 0. The van der Waals surface area contributed by atoms with E-state index in [-0.39, 0.29) is 0 Å². The van der Waals surface area contributed by atoms with Crippen molar-refractivity contribution in [3.63, 3.8) is 0 Å². The van der Waals surface area contributed by atoms with Gasteiger partial charge < -0.3 is 4.74 Å². The van der Waals surface area contributed by atoms with Crippen molar-refractivity contribution in [1.29, 1.82) is 0 Å². The Balaban J connectivity index is 2.70. The quantitative estimate of drug-likeness (QED) is 0.552. The lowest BCUT2D eigenvalue weighted by molar-refractivity contribution is -0.115. The van der Waals surface area contributed by atoms with Crippen molar-refractivity contribution in [2.75, 3.05) is 26.9 Å². The highest BCUT2D eigenvalue weighted by molar-refractivity contribution is 4.89. The molecular formula is C10H21NO. The Kier molecular flexibility index (Phi) is 2.50. The fourth-order valence-electron chi connectivity index (χ4n) is 1.57. The SMILES string of the molecule is CN1COCC(C)(C(C)(C)C)C1.